The maximum absolute atomic E-state index is 12.2. The first kappa shape index (κ1) is 11.3. The van der Waals surface area contributed by atoms with Gasteiger partial charge in [-0.2, -0.15) is 13.2 Å². The van der Waals surface area contributed by atoms with Crippen LogP contribution >= 0.6 is 0 Å². The molecule has 0 radical (unpaired) electrons. The van der Waals surface area contributed by atoms with E-state index in [4.69, 9.17) is 5.73 Å². The third-order valence-electron chi connectivity index (χ3n) is 1.64. The molecule has 1 heterocycles. The summed E-state index contributed by atoms with van der Waals surface area (Å²) in [5.74, 6) is -0.838. The Kier molecular flexibility index (Phi) is 2.83. The molecule has 0 saturated heterocycles. The highest BCUT2D eigenvalue weighted by atomic mass is 19.4. The van der Waals surface area contributed by atoms with E-state index in [1.54, 1.807) is 0 Å². The van der Waals surface area contributed by atoms with E-state index in [1.807, 2.05) is 0 Å². The SMILES string of the molecule is COC(=O)c1cc(N)c(C(F)(F)F)cn1. The Hall–Kier alpha value is -1.79. The molecule has 0 aliphatic carbocycles. The molecule has 1 rings (SSSR count). The van der Waals surface area contributed by atoms with Crippen LogP contribution in [0.15, 0.2) is 12.3 Å². The lowest BCUT2D eigenvalue weighted by Gasteiger charge is -2.09. The lowest BCUT2D eigenvalue weighted by atomic mass is 10.2. The topological polar surface area (TPSA) is 65.2 Å². The number of carbonyl (C=O) groups excluding carboxylic acids is 1. The number of hydrogen-bond acceptors (Lipinski definition) is 4. The minimum Gasteiger partial charge on any atom is -0.464 e. The van der Waals surface area contributed by atoms with Crippen LogP contribution in [0.2, 0.25) is 0 Å². The summed E-state index contributed by atoms with van der Waals surface area (Å²) in [6.07, 6.45) is -4.08. The quantitative estimate of drug-likeness (QED) is 0.728. The zero-order valence-electron chi connectivity index (χ0n) is 7.63. The summed E-state index contributed by atoms with van der Waals surface area (Å²) in [7, 11) is 1.10. The summed E-state index contributed by atoms with van der Waals surface area (Å²) >= 11 is 0. The van der Waals surface area contributed by atoms with Gasteiger partial charge >= 0.3 is 12.1 Å². The van der Waals surface area contributed by atoms with Crippen LogP contribution in [0.25, 0.3) is 0 Å². The number of carbonyl (C=O) groups is 1. The molecule has 1 aromatic heterocycles. The van der Waals surface area contributed by atoms with E-state index in [0.717, 1.165) is 13.2 Å². The van der Waals surface area contributed by atoms with Crippen LogP contribution in [0.5, 0.6) is 0 Å². The van der Waals surface area contributed by atoms with Crippen LogP contribution in [0.4, 0.5) is 18.9 Å². The van der Waals surface area contributed by atoms with Gasteiger partial charge in [0.1, 0.15) is 5.69 Å². The largest absolute Gasteiger partial charge is 0.464 e. The van der Waals surface area contributed by atoms with Crippen molar-refractivity contribution in [3.8, 4) is 0 Å². The second-order valence-corrected chi connectivity index (χ2v) is 2.65. The number of hydrogen-bond donors (Lipinski definition) is 1. The molecule has 0 saturated carbocycles. The first-order valence-electron chi connectivity index (χ1n) is 3.77. The molecule has 0 aromatic carbocycles. The molecule has 7 heteroatoms. The second kappa shape index (κ2) is 3.76. The average molecular weight is 220 g/mol. The minimum absolute atomic E-state index is 0.261. The monoisotopic (exact) mass is 220 g/mol. The predicted molar refractivity (Wildman–Crippen MR) is 45.0 cm³/mol. The summed E-state index contributed by atoms with van der Waals surface area (Å²) in [6.45, 7) is 0. The number of methoxy groups -OCH3 is 1. The number of rotatable bonds is 1. The van der Waals surface area contributed by atoms with Crippen LogP contribution in [0, 0.1) is 0 Å². The lowest BCUT2D eigenvalue weighted by molar-refractivity contribution is -0.137. The van der Waals surface area contributed by atoms with E-state index < -0.39 is 23.4 Å². The van der Waals surface area contributed by atoms with Crippen molar-refractivity contribution in [1.29, 1.82) is 0 Å². The standard InChI is InChI=1S/C8H7F3N2O2/c1-15-7(14)6-2-5(12)4(3-13-6)8(9,10)11/h2-3H,1H3,(H2,12,13). The number of nitrogens with two attached hydrogens (primary N) is 1. The lowest BCUT2D eigenvalue weighted by Crippen LogP contribution is -2.12. The third-order valence-corrected chi connectivity index (χ3v) is 1.64. The highest BCUT2D eigenvalue weighted by molar-refractivity contribution is 5.88. The molecule has 0 aliphatic heterocycles. The molecular weight excluding hydrogens is 213 g/mol. The highest BCUT2D eigenvalue weighted by Crippen LogP contribution is 2.32. The Morgan fingerprint density at radius 1 is 1.53 bits per heavy atom. The predicted octanol–water partition coefficient (Wildman–Crippen LogP) is 1.47. The van der Waals surface area contributed by atoms with Gasteiger partial charge in [0.2, 0.25) is 0 Å². The fourth-order valence-electron chi connectivity index (χ4n) is 0.924. The molecule has 0 aliphatic rings. The summed E-state index contributed by atoms with van der Waals surface area (Å²) in [5.41, 5.74) is 3.24. The Labute approximate surface area is 82.9 Å². The van der Waals surface area contributed by atoms with Crippen LogP contribution in [0.1, 0.15) is 16.1 Å². The number of pyridine rings is 1. The number of nitrogen functional groups attached to an aromatic ring is 1. The Balaban J connectivity index is 3.15. The number of alkyl halides is 3. The van der Waals surface area contributed by atoms with E-state index in [2.05, 4.69) is 9.72 Å². The molecule has 2 N–H and O–H groups in total. The van der Waals surface area contributed by atoms with Gasteiger partial charge in [-0.1, -0.05) is 0 Å². The van der Waals surface area contributed by atoms with Gasteiger partial charge in [-0.25, -0.2) is 9.78 Å². The van der Waals surface area contributed by atoms with E-state index in [9.17, 15) is 18.0 Å². The fourth-order valence-corrected chi connectivity index (χ4v) is 0.924. The van der Waals surface area contributed by atoms with Gasteiger partial charge in [-0.3, -0.25) is 0 Å². The van der Waals surface area contributed by atoms with Gasteiger partial charge in [-0.05, 0) is 6.07 Å². The smallest absolute Gasteiger partial charge is 0.419 e. The van der Waals surface area contributed by atoms with Crippen LogP contribution in [-0.4, -0.2) is 18.1 Å². The Morgan fingerprint density at radius 2 is 2.13 bits per heavy atom. The average Bonchev–Trinajstić information content (AvgIpc) is 2.14. The molecule has 0 fully saturated rings. The molecule has 1 aromatic rings. The van der Waals surface area contributed by atoms with Gasteiger partial charge < -0.3 is 10.5 Å². The molecule has 82 valence electrons. The number of aromatic nitrogens is 1. The van der Waals surface area contributed by atoms with Crippen molar-refractivity contribution in [3.05, 3.63) is 23.5 Å². The van der Waals surface area contributed by atoms with Crippen molar-refractivity contribution in [2.24, 2.45) is 0 Å². The number of ether oxygens (including phenoxy) is 1. The summed E-state index contributed by atoms with van der Waals surface area (Å²) in [4.78, 5) is 14.2. The zero-order chi connectivity index (χ0) is 11.6. The van der Waals surface area contributed by atoms with E-state index in [1.165, 1.54) is 0 Å². The van der Waals surface area contributed by atoms with Gasteiger partial charge in [-0.15, -0.1) is 0 Å². The van der Waals surface area contributed by atoms with Crippen molar-refractivity contribution in [2.45, 2.75) is 6.18 Å². The molecule has 0 spiro atoms. The van der Waals surface area contributed by atoms with Gasteiger partial charge in [0.05, 0.1) is 12.7 Å². The number of esters is 1. The van der Waals surface area contributed by atoms with Gasteiger partial charge in [0, 0.05) is 11.9 Å². The normalized spacial score (nSPS) is 11.2. The zero-order valence-corrected chi connectivity index (χ0v) is 7.63. The highest BCUT2D eigenvalue weighted by Gasteiger charge is 2.33. The van der Waals surface area contributed by atoms with E-state index in [0.29, 0.717) is 6.20 Å². The fraction of sp³-hybridized carbons (Fsp3) is 0.250. The maximum Gasteiger partial charge on any atom is 0.419 e. The van der Waals surface area contributed by atoms with Crippen molar-refractivity contribution in [3.63, 3.8) is 0 Å². The molecule has 15 heavy (non-hydrogen) atoms. The maximum atomic E-state index is 12.2. The second-order valence-electron chi connectivity index (χ2n) is 2.65. The van der Waals surface area contributed by atoms with Crippen molar-refractivity contribution in [2.75, 3.05) is 12.8 Å². The molecule has 0 unspecified atom stereocenters. The van der Waals surface area contributed by atoms with Crippen LogP contribution in [-0.2, 0) is 10.9 Å². The van der Waals surface area contributed by atoms with Crippen molar-refractivity contribution < 1.29 is 22.7 Å². The van der Waals surface area contributed by atoms with Crippen molar-refractivity contribution >= 4 is 11.7 Å². The van der Waals surface area contributed by atoms with Crippen LogP contribution < -0.4 is 5.73 Å². The Morgan fingerprint density at radius 3 is 2.53 bits per heavy atom. The summed E-state index contributed by atoms with van der Waals surface area (Å²) in [6, 6.07) is 0.828. The number of anilines is 1. The van der Waals surface area contributed by atoms with E-state index in [-0.39, 0.29) is 5.69 Å². The number of nitrogens with zero attached hydrogens (tertiary/aromatic N) is 1. The summed E-state index contributed by atoms with van der Waals surface area (Å²) in [5, 5.41) is 0. The Bertz CT molecular complexity index is 390. The molecule has 0 bridgehead atoms. The number of halogens is 3. The molecule has 0 amide bonds. The minimum atomic E-state index is -4.58. The molecule has 4 nitrogen and oxygen atoms in total. The van der Waals surface area contributed by atoms with Gasteiger partial charge in [0.25, 0.3) is 0 Å². The summed E-state index contributed by atoms with van der Waals surface area (Å²) < 4.78 is 41.0. The molecule has 0 atom stereocenters. The van der Waals surface area contributed by atoms with Gasteiger partial charge in [0.15, 0.2) is 0 Å². The first-order chi connectivity index (χ1) is 6.86. The first-order valence-corrected chi connectivity index (χ1v) is 3.77. The molecular formula is C8H7F3N2O2. The van der Waals surface area contributed by atoms with Crippen molar-refractivity contribution in [1.82, 2.24) is 4.98 Å². The van der Waals surface area contributed by atoms with E-state index >= 15 is 0 Å². The van der Waals surface area contributed by atoms with Crippen LogP contribution in [0.3, 0.4) is 0 Å². The third kappa shape index (κ3) is 2.36.